The first-order valence-electron chi connectivity index (χ1n) is 8.02. The maximum atomic E-state index is 12.1. The van der Waals surface area contributed by atoms with Crippen molar-refractivity contribution in [2.75, 3.05) is 19.5 Å². The predicted molar refractivity (Wildman–Crippen MR) is 95.7 cm³/mol. The quantitative estimate of drug-likeness (QED) is 0.850. The zero-order valence-corrected chi connectivity index (χ0v) is 14.0. The number of hydrogen-bond acceptors (Lipinski definition) is 3. The number of carbonyl (C=O) groups is 1. The van der Waals surface area contributed by atoms with Gasteiger partial charge in [-0.05, 0) is 60.7 Å². The maximum absolute atomic E-state index is 12.1. The highest BCUT2D eigenvalue weighted by atomic mass is 16.5. The van der Waals surface area contributed by atoms with Gasteiger partial charge in [-0.25, -0.2) is 0 Å². The van der Waals surface area contributed by atoms with Crippen molar-refractivity contribution in [1.82, 2.24) is 0 Å². The molecular formula is C20H21NO3. The number of carbonyl (C=O) groups excluding carboxylic acids is 1. The Labute approximate surface area is 142 Å². The van der Waals surface area contributed by atoms with Crippen molar-refractivity contribution >= 4 is 17.7 Å². The Kier molecular flexibility index (Phi) is 4.85. The summed E-state index contributed by atoms with van der Waals surface area (Å²) in [5.41, 5.74) is 4.40. The normalized spacial score (nSPS) is 12.9. The van der Waals surface area contributed by atoms with Crippen molar-refractivity contribution in [2.24, 2.45) is 0 Å². The Morgan fingerprint density at radius 3 is 2.67 bits per heavy atom. The van der Waals surface area contributed by atoms with E-state index in [0.717, 1.165) is 24.1 Å². The lowest BCUT2D eigenvalue weighted by molar-refractivity contribution is -0.111. The first-order valence-corrected chi connectivity index (χ1v) is 8.02. The van der Waals surface area contributed by atoms with E-state index >= 15 is 0 Å². The molecule has 0 spiro atoms. The van der Waals surface area contributed by atoms with E-state index in [1.165, 1.54) is 23.6 Å². The molecule has 124 valence electrons. The summed E-state index contributed by atoms with van der Waals surface area (Å²) in [4.78, 5) is 12.1. The van der Waals surface area contributed by atoms with Gasteiger partial charge >= 0.3 is 0 Å². The molecular weight excluding hydrogens is 302 g/mol. The molecule has 1 aliphatic rings. The molecule has 1 amide bonds. The van der Waals surface area contributed by atoms with Crippen LogP contribution in [-0.2, 0) is 17.6 Å². The minimum Gasteiger partial charge on any atom is -0.497 e. The van der Waals surface area contributed by atoms with Crippen LogP contribution in [-0.4, -0.2) is 20.1 Å². The lowest BCUT2D eigenvalue weighted by atomic mass is 10.1. The van der Waals surface area contributed by atoms with E-state index in [2.05, 4.69) is 17.4 Å². The lowest BCUT2D eigenvalue weighted by Crippen LogP contribution is -2.08. The highest BCUT2D eigenvalue weighted by Crippen LogP contribution is 2.26. The van der Waals surface area contributed by atoms with Crippen molar-refractivity contribution < 1.29 is 14.3 Å². The second-order valence-electron chi connectivity index (χ2n) is 5.77. The van der Waals surface area contributed by atoms with Crippen LogP contribution in [0.1, 0.15) is 23.1 Å². The minimum absolute atomic E-state index is 0.161. The van der Waals surface area contributed by atoms with Gasteiger partial charge in [-0.2, -0.15) is 0 Å². The molecule has 3 rings (SSSR count). The lowest BCUT2D eigenvalue weighted by Gasteiger charge is -2.08. The summed E-state index contributed by atoms with van der Waals surface area (Å²) in [6.07, 6.45) is 6.68. The number of ether oxygens (including phenoxy) is 2. The third-order valence-electron chi connectivity index (χ3n) is 4.22. The third-order valence-corrected chi connectivity index (χ3v) is 4.22. The molecule has 0 aliphatic heterocycles. The number of rotatable bonds is 5. The number of benzene rings is 2. The summed E-state index contributed by atoms with van der Waals surface area (Å²) in [6.45, 7) is 0. The van der Waals surface area contributed by atoms with Gasteiger partial charge < -0.3 is 14.8 Å². The molecule has 4 heteroatoms. The molecule has 0 radical (unpaired) electrons. The van der Waals surface area contributed by atoms with Gasteiger partial charge in [0.25, 0.3) is 0 Å². The minimum atomic E-state index is -0.161. The smallest absolute Gasteiger partial charge is 0.248 e. The highest BCUT2D eigenvalue weighted by Gasteiger charge is 2.11. The predicted octanol–water partition coefficient (Wildman–Crippen LogP) is 3.84. The molecule has 1 aliphatic carbocycles. The monoisotopic (exact) mass is 323 g/mol. The molecule has 0 heterocycles. The van der Waals surface area contributed by atoms with Crippen LogP contribution in [0.4, 0.5) is 5.69 Å². The third kappa shape index (κ3) is 3.59. The van der Waals surface area contributed by atoms with Crippen LogP contribution < -0.4 is 14.8 Å². The van der Waals surface area contributed by atoms with Gasteiger partial charge in [-0.1, -0.05) is 6.07 Å². The van der Waals surface area contributed by atoms with Crippen molar-refractivity contribution in [1.29, 1.82) is 0 Å². The topological polar surface area (TPSA) is 47.6 Å². The van der Waals surface area contributed by atoms with Crippen molar-refractivity contribution in [2.45, 2.75) is 19.3 Å². The van der Waals surface area contributed by atoms with E-state index in [1.807, 2.05) is 18.2 Å². The molecule has 0 saturated heterocycles. The number of aryl methyl sites for hydroxylation is 2. The van der Waals surface area contributed by atoms with Crippen LogP contribution in [0.3, 0.4) is 0 Å². The molecule has 24 heavy (non-hydrogen) atoms. The number of amides is 1. The largest absolute Gasteiger partial charge is 0.497 e. The Bertz CT molecular complexity index is 780. The zero-order valence-electron chi connectivity index (χ0n) is 14.0. The fourth-order valence-electron chi connectivity index (χ4n) is 2.96. The first kappa shape index (κ1) is 16.1. The van der Waals surface area contributed by atoms with E-state index in [0.29, 0.717) is 11.5 Å². The van der Waals surface area contributed by atoms with Gasteiger partial charge in [0, 0.05) is 23.4 Å². The number of nitrogens with one attached hydrogen (secondary N) is 1. The Hall–Kier alpha value is -2.75. The molecule has 0 aromatic heterocycles. The average Bonchev–Trinajstić information content (AvgIpc) is 3.07. The molecule has 2 aromatic rings. The molecule has 0 saturated carbocycles. The van der Waals surface area contributed by atoms with Crippen LogP contribution in [0.15, 0.2) is 42.5 Å². The van der Waals surface area contributed by atoms with E-state index < -0.39 is 0 Å². The zero-order chi connectivity index (χ0) is 16.9. The van der Waals surface area contributed by atoms with Gasteiger partial charge in [0.15, 0.2) is 0 Å². The number of methoxy groups -OCH3 is 2. The van der Waals surface area contributed by atoms with Crippen LogP contribution in [0.2, 0.25) is 0 Å². The Morgan fingerprint density at radius 2 is 1.88 bits per heavy atom. The first-order chi connectivity index (χ1) is 11.7. The Balaban J connectivity index is 1.69. The van der Waals surface area contributed by atoms with E-state index in [-0.39, 0.29) is 5.91 Å². The van der Waals surface area contributed by atoms with Gasteiger partial charge in [0.05, 0.1) is 14.2 Å². The fourth-order valence-corrected chi connectivity index (χ4v) is 2.96. The standard InChI is InChI=1S/C20H21NO3/c1-23-18-10-7-15(19(13-18)24-2)8-11-20(22)21-17-9-6-14-4-3-5-16(14)12-17/h6-13H,3-5H2,1-2H3,(H,21,22). The maximum Gasteiger partial charge on any atom is 0.248 e. The number of hydrogen-bond donors (Lipinski definition) is 1. The molecule has 0 fully saturated rings. The van der Waals surface area contributed by atoms with Gasteiger partial charge in [-0.3, -0.25) is 4.79 Å². The molecule has 0 unspecified atom stereocenters. The van der Waals surface area contributed by atoms with E-state index in [9.17, 15) is 4.79 Å². The summed E-state index contributed by atoms with van der Waals surface area (Å²) >= 11 is 0. The molecule has 0 bridgehead atoms. The summed E-state index contributed by atoms with van der Waals surface area (Å²) in [7, 11) is 3.20. The summed E-state index contributed by atoms with van der Waals surface area (Å²) in [5, 5.41) is 2.91. The SMILES string of the molecule is COc1ccc(C=CC(=O)Nc2ccc3c(c2)CCC3)c(OC)c1. The summed E-state index contributed by atoms with van der Waals surface area (Å²) in [6, 6.07) is 11.6. The van der Waals surface area contributed by atoms with E-state index in [1.54, 1.807) is 26.4 Å². The van der Waals surface area contributed by atoms with E-state index in [4.69, 9.17) is 9.47 Å². The van der Waals surface area contributed by atoms with Crippen LogP contribution in [0.5, 0.6) is 11.5 Å². The van der Waals surface area contributed by atoms with Crippen LogP contribution >= 0.6 is 0 Å². The van der Waals surface area contributed by atoms with Gasteiger partial charge in [0.1, 0.15) is 11.5 Å². The fraction of sp³-hybridized carbons (Fsp3) is 0.250. The van der Waals surface area contributed by atoms with Crippen LogP contribution in [0, 0.1) is 0 Å². The second-order valence-corrected chi connectivity index (χ2v) is 5.77. The Morgan fingerprint density at radius 1 is 1.04 bits per heavy atom. The van der Waals surface area contributed by atoms with Gasteiger partial charge in [-0.15, -0.1) is 0 Å². The second kappa shape index (κ2) is 7.21. The molecule has 0 atom stereocenters. The highest BCUT2D eigenvalue weighted by molar-refractivity contribution is 6.02. The molecule has 4 nitrogen and oxygen atoms in total. The van der Waals surface area contributed by atoms with Crippen molar-refractivity contribution in [3.63, 3.8) is 0 Å². The number of fused-ring (bicyclic) bond motifs is 1. The molecule has 2 aromatic carbocycles. The van der Waals surface area contributed by atoms with Gasteiger partial charge in [0.2, 0.25) is 5.91 Å². The summed E-state index contributed by atoms with van der Waals surface area (Å²) < 4.78 is 10.5. The van der Waals surface area contributed by atoms with Crippen LogP contribution in [0.25, 0.3) is 6.08 Å². The van der Waals surface area contributed by atoms with Crippen molar-refractivity contribution in [3.8, 4) is 11.5 Å². The average molecular weight is 323 g/mol. The summed E-state index contributed by atoms with van der Waals surface area (Å²) in [5.74, 6) is 1.22. The van der Waals surface area contributed by atoms with Crippen molar-refractivity contribution in [3.05, 3.63) is 59.2 Å². The molecule has 1 N–H and O–H groups in total. The number of anilines is 1.